The molecule has 0 radical (unpaired) electrons. The van der Waals surface area contributed by atoms with Crippen LogP contribution in [0.4, 0.5) is 0 Å². The number of hydrogen-bond acceptors (Lipinski definition) is 4. The molecule has 0 aliphatic heterocycles. The first-order valence-electron chi connectivity index (χ1n) is 10.0. The lowest BCUT2D eigenvalue weighted by Gasteiger charge is -2.21. The van der Waals surface area contributed by atoms with Gasteiger partial charge in [0.1, 0.15) is 10.6 Å². The fraction of sp³-hybridized carbons (Fsp3) is 0.292. The first kappa shape index (κ1) is 22.8. The van der Waals surface area contributed by atoms with Crippen LogP contribution < -0.4 is 14.8 Å². The molecule has 0 fully saturated rings. The molecule has 1 atom stereocenters. The number of nitrogens with one attached hydrogen (secondary N) is 2. The van der Waals surface area contributed by atoms with Crippen molar-refractivity contribution in [2.75, 3.05) is 7.11 Å². The molecule has 6 nitrogen and oxygen atoms in total. The molecule has 0 aromatic heterocycles. The van der Waals surface area contributed by atoms with Gasteiger partial charge in [0, 0.05) is 11.1 Å². The van der Waals surface area contributed by atoms with Crippen LogP contribution in [0.15, 0.2) is 65.6 Å². The summed E-state index contributed by atoms with van der Waals surface area (Å²) in [7, 11) is -2.48. The number of amides is 1. The molecule has 3 aromatic rings. The van der Waals surface area contributed by atoms with E-state index in [2.05, 4.69) is 10.0 Å². The van der Waals surface area contributed by atoms with Crippen molar-refractivity contribution in [3.63, 3.8) is 0 Å². The van der Waals surface area contributed by atoms with Gasteiger partial charge in [0.25, 0.3) is 5.91 Å². The van der Waals surface area contributed by atoms with E-state index < -0.39 is 15.6 Å². The Morgan fingerprint density at radius 1 is 0.968 bits per heavy atom. The number of rotatable bonds is 6. The van der Waals surface area contributed by atoms with Crippen molar-refractivity contribution in [1.29, 1.82) is 0 Å². The summed E-state index contributed by atoms with van der Waals surface area (Å²) in [6.07, 6.45) is 0. The average molecular weight is 441 g/mol. The van der Waals surface area contributed by atoms with Crippen molar-refractivity contribution >= 4 is 26.7 Å². The van der Waals surface area contributed by atoms with Crippen LogP contribution >= 0.6 is 0 Å². The van der Waals surface area contributed by atoms with Gasteiger partial charge in [-0.15, -0.1) is 0 Å². The lowest BCUT2D eigenvalue weighted by molar-refractivity contribution is 0.0939. The van der Waals surface area contributed by atoms with Crippen molar-refractivity contribution in [2.45, 2.75) is 44.2 Å². The second-order valence-corrected chi connectivity index (χ2v) is 10.2. The fourth-order valence-corrected chi connectivity index (χ4v) is 4.94. The highest BCUT2D eigenvalue weighted by Crippen LogP contribution is 2.27. The number of methoxy groups -OCH3 is 1. The van der Waals surface area contributed by atoms with E-state index in [1.807, 2.05) is 49.4 Å². The Hall–Kier alpha value is -2.90. The SMILES string of the molecule is COc1ccc(C(=O)NC(C)c2ccc3ccccc3c2)cc1S(=O)(=O)NC(C)(C)C. The van der Waals surface area contributed by atoms with Crippen LogP contribution in [0.2, 0.25) is 0 Å². The molecule has 3 rings (SSSR count). The number of ether oxygens (including phenoxy) is 1. The molecule has 1 unspecified atom stereocenters. The van der Waals surface area contributed by atoms with Crippen LogP contribution in [0.3, 0.4) is 0 Å². The predicted molar refractivity (Wildman–Crippen MR) is 123 cm³/mol. The first-order valence-corrected chi connectivity index (χ1v) is 11.5. The Balaban J connectivity index is 1.87. The van der Waals surface area contributed by atoms with Gasteiger partial charge in [-0.1, -0.05) is 36.4 Å². The van der Waals surface area contributed by atoms with Gasteiger partial charge in [0.15, 0.2) is 0 Å². The second-order valence-electron chi connectivity index (χ2n) is 8.52. The van der Waals surface area contributed by atoms with E-state index in [0.717, 1.165) is 16.3 Å². The maximum atomic E-state index is 12.9. The molecule has 3 aromatic carbocycles. The predicted octanol–water partition coefficient (Wildman–Crippen LogP) is 4.42. The second kappa shape index (κ2) is 8.69. The van der Waals surface area contributed by atoms with E-state index in [-0.39, 0.29) is 28.2 Å². The van der Waals surface area contributed by atoms with Crippen molar-refractivity contribution in [1.82, 2.24) is 10.0 Å². The molecule has 0 aliphatic rings. The molecule has 2 N–H and O–H groups in total. The van der Waals surface area contributed by atoms with Gasteiger partial charge in [-0.25, -0.2) is 13.1 Å². The third-order valence-corrected chi connectivity index (χ3v) is 6.56. The topological polar surface area (TPSA) is 84.5 Å². The maximum Gasteiger partial charge on any atom is 0.251 e. The minimum Gasteiger partial charge on any atom is -0.495 e. The van der Waals surface area contributed by atoms with Crippen LogP contribution in [0.25, 0.3) is 10.8 Å². The Labute approximate surface area is 183 Å². The van der Waals surface area contributed by atoms with E-state index >= 15 is 0 Å². The lowest BCUT2D eigenvalue weighted by Crippen LogP contribution is -2.40. The van der Waals surface area contributed by atoms with E-state index in [9.17, 15) is 13.2 Å². The average Bonchev–Trinajstić information content (AvgIpc) is 2.71. The number of hydrogen-bond donors (Lipinski definition) is 2. The van der Waals surface area contributed by atoms with Crippen LogP contribution in [0.1, 0.15) is 49.7 Å². The van der Waals surface area contributed by atoms with Crippen LogP contribution in [-0.4, -0.2) is 27.0 Å². The van der Waals surface area contributed by atoms with E-state index in [0.29, 0.717) is 0 Å². The molecule has 0 saturated heterocycles. The first-order chi connectivity index (χ1) is 14.5. The monoisotopic (exact) mass is 440 g/mol. The molecule has 31 heavy (non-hydrogen) atoms. The summed E-state index contributed by atoms with van der Waals surface area (Å²) in [5, 5.41) is 5.16. The van der Waals surface area contributed by atoms with Crippen LogP contribution in [0, 0.1) is 0 Å². The minimum atomic E-state index is -3.88. The quantitative estimate of drug-likeness (QED) is 0.594. The van der Waals surface area contributed by atoms with Gasteiger partial charge in [0.2, 0.25) is 10.0 Å². The standard InChI is InChI=1S/C24H28N2O4S/c1-16(18-11-10-17-8-6-7-9-19(17)14-18)25-23(27)20-12-13-21(30-5)22(15-20)31(28,29)26-24(2,3)4/h6-16,26H,1-5H3,(H,25,27). The molecule has 164 valence electrons. The van der Waals surface area contributed by atoms with Crippen LogP contribution in [-0.2, 0) is 10.0 Å². The molecule has 7 heteroatoms. The minimum absolute atomic E-state index is 0.0732. The summed E-state index contributed by atoms with van der Waals surface area (Å²) in [4.78, 5) is 12.8. The van der Waals surface area contributed by atoms with Gasteiger partial charge in [-0.2, -0.15) is 0 Å². The summed E-state index contributed by atoms with van der Waals surface area (Å²) in [5.41, 5.74) is 0.526. The summed E-state index contributed by atoms with van der Waals surface area (Å²) in [6, 6.07) is 18.2. The highest BCUT2D eigenvalue weighted by atomic mass is 32.2. The van der Waals surface area contributed by atoms with Crippen molar-refractivity contribution < 1.29 is 17.9 Å². The Bertz CT molecular complexity index is 1210. The smallest absolute Gasteiger partial charge is 0.251 e. The highest BCUT2D eigenvalue weighted by molar-refractivity contribution is 7.89. The Morgan fingerprint density at radius 3 is 2.29 bits per heavy atom. The zero-order chi connectivity index (χ0) is 22.8. The van der Waals surface area contributed by atoms with Crippen molar-refractivity contribution in [3.8, 4) is 5.75 Å². The summed E-state index contributed by atoms with van der Waals surface area (Å²) in [6.45, 7) is 7.14. The number of fused-ring (bicyclic) bond motifs is 1. The van der Waals surface area contributed by atoms with Gasteiger partial charge >= 0.3 is 0 Å². The molecule has 1 amide bonds. The largest absolute Gasteiger partial charge is 0.495 e. The zero-order valence-corrected chi connectivity index (χ0v) is 19.2. The van der Waals surface area contributed by atoms with Crippen LogP contribution in [0.5, 0.6) is 5.75 Å². The van der Waals surface area contributed by atoms with Gasteiger partial charge in [-0.05, 0) is 68.3 Å². The number of sulfonamides is 1. The molecular formula is C24H28N2O4S. The molecule has 0 spiro atoms. The number of carbonyl (C=O) groups is 1. The normalized spacial score (nSPS) is 13.1. The van der Waals surface area contributed by atoms with E-state index in [4.69, 9.17) is 4.74 Å². The number of benzene rings is 3. The summed E-state index contributed by atoms with van der Waals surface area (Å²) >= 11 is 0. The maximum absolute atomic E-state index is 12.9. The van der Waals surface area contributed by atoms with Gasteiger partial charge in [0.05, 0.1) is 13.2 Å². The van der Waals surface area contributed by atoms with E-state index in [1.54, 1.807) is 26.8 Å². The zero-order valence-electron chi connectivity index (χ0n) is 18.4. The molecule has 0 aliphatic carbocycles. The summed E-state index contributed by atoms with van der Waals surface area (Å²) in [5.74, 6) is -0.189. The van der Waals surface area contributed by atoms with Crippen molar-refractivity contribution in [3.05, 3.63) is 71.8 Å². The molecule has 0 heterocycles. The van der Waals surface area contributed by atoms with E-state index in [1.165, 1.54) is 19.2 Å². The molecule has 0 saturated carbocycles. The highest BCUT2D eigenvalue weighted by Gasteiger charge is 2.26. The van der Waals surface area contributed by atoms with Gasteiger partial charge < -0.3 is 10.1 Å². The fourth-order valence-electron chi connectivity index (χ4n) is 3.33. The molecular weight excluding hydrogens is 412 g/mol. The Morgan fingerprint density at radius 2 is 1.65 bits per heavy atom. The van der Waals surface area contributed by atoms with Crippen molar-refractivity contribution in [2.24, 2.45) is 0 Å². The third-order valence-electron chi connectivity index (χ3n) is 4.78. The number of carbonyl (C=O) groups excluding carboxylic acids is 1. The lowest BCUT2D eigenvalue weighted by atomic mass is 10.0. The van der Waals surface area contributed by atoms with Gasteiger partial charge in [-0.3, -0.25) is 4.79 Å². The summed E-state index contributed by atoms with van der Waals surface area (Å²) < 4.78 is 33.5. The Kier molecular flexibility index (Phi) is 6.38. The molecule has 0 bridgehead atoms. The third kappa shape index (κ3) is 5.42.